The number of amides is 2. The molecule has 2 N–H and O–H groups in total. The molecule has 0 unspecified atom stereocenters. The Labute approximate surface area is 181 Å². The molecule has 31 heavy (non-hydrogen) atoms. The summed E-state index contributed by atoms with van der Waals surface area (Å²) >= 11 is 5.87. The number of hydrogen-bond acceptors (Lipinski definition) is 6. The molecule has 1 aliphatic rings. The van der Waals surface area contributed by atoms with Gasteiger partial charge in [-0.1, -0.05) is 11.6 Å². The fraction of sp³-hybridized carbons (Fsp3) is 0.667. The van der Waals surface area contributed by atoms with Crippen LogP contribution in [-0.2, 0) is 29.6 Å². The summed E-state index contributed by atoms with van der Waals surface area (Å²) in [7, 11) is 1.25. The summed E-state index contributed by atoms with van der Waals surface area (Å²) in [6.45, 7) is 2.91. The van der Waals surface area contributed by atoms with Crippen LogP contribution in [0.4, 0.5) is 18.0 Å². The van der Waals surface area contributed by atoms with E-state index in [4.69, 9.17) is 16.3 Å². The van der Waals surface area contributed by atoms with Gasteiger partial charge in [-0.3, -0.25) is 9.59 Å². The number of alkyl halides is 3. The number of halogens is 4. The van der Waals surface area contributed by atoms with Crippen LogP contribution in [0.3, 0.4) is 0 Å². The van der Waals surface area contributed by atoms with E-state index in [9.17, 15) is 32.7 Å². The molecule has 1 atom stereocenters. The fourth-order valence-corrected chi connectivity index (χ4v) is 3.48. The Balaban J connectivity index is 2.27. The van der Waals surface area contributed by atoms with E-state index in [0.717, 1.165) is 9.58 Å². The van der Waals surface area contributed by atoms with Crippen molar-refractivity contribution < 1.29 is 32.6 Å². The van der Waals surface area contributed by atoms with Gasteiger partial charge in [0.2, 0.25) is 5.91 Å². The Hall–Kier alpha value is -2.34. The first-order valence-corrected chi connectivity index (χ1v) is 9.69. The summed E-state index contributed by atoms with van der Waals surface area (Å²) in [4.78, 5) is 37.9. The second kappa shape index (κ2) is 8.65. The lowest BCUT2D eigenvalue weighted by molar-refractivity contribution is -0.194. The highest BCUT2D eigenvalue weighted by Crippen LogP contribution is 2.38. The number of aliphatic hydroxyl groups is 1. The maximum Gasteiger partial charge on any atom is 0.413 e. The second-order valence-electron chi connectivity index (χ2n) is 8.29. The number of carbonyl (C=O) groups is 2. The zero-order valence-electron chi connectivity index (χ0n) is 17.5. The van der Waals surface area contributed by atoms with E-state index < -0.39 is 60.9 Å². The van der Waals surface area contributed by atoms with Gasteiger partial charge in [-0.25, -0.2) is 9.48 Å². The SMILES string of the molecule is Cn1nc(Cl)c(CO)c(CC(=O)N[C@@]2(C(F)(F)F)CCN(C(=O)OC(C)(C)C)C2)c1=O. The van der Waals surface area contributed by atoms with Crippen LogP contribution in [0.2, 0.25) is 5.15 Å². The molecule has 1 aliphatic heterocycles. The number of carbonyl (C=O) groups excluding carboxylic acids is 2. The van der Waals surface area contributed by atoms with Crippen LogP contribution >= 0.6 is 11.6 Å². The molecule has 1 saturated heterocycles. The molecule has 0 aliphatic carbocycles. The van der Waals surface area contributed by atoms with Crippen LogP contribution in [-0.4, -0.2) is 62.2 Å². The van der Waals surface area contributed by atoms with Crippen LogP contribution in [0.25, 0.3) is 0 Å². The summed E-state index contributed by atoms with van der Waals surface area (Å²) in [5, 5.41) is 14.8. The normalized spacial score (nSPS) is 19.5. The molecule has 2 heterocycles. The van der Waals surface area contributed by atoms with Gasteiger partial charge in [-0.05, 0) is 27.2 Å². The predicted octanol–water partition coefficient (Wildman–Crippen LogP) is 1.53. The number of aliphatic hydroxyl groups excluding tert-OH is 1. The highest BCUT2D eigenvalue weighted by Gasteiger charge is 2.60. The smallest absolute Gasteiger partial charge is 0.413 e. The average Bonchev–Trinajstić information content (AvgIpc) is 3.03. The number of rotatable bonds is 4. The molecule has 0 radical (unpaired) electrons. The monoisotopic (exact) mass is 468 g/mol. The third-order valence-electron chi connectivity index (χ3n) is 4.74. The molecular formula is C18H24ClF3N4O5. The molecule has 13 heteroatoms. The summed E-state index contributed by atoms with van der Waals surface area (Å²) in [6.07, 6.45) is -7.14. The Kier molecular flexibility index (Phi) is 6.96. The maximum absolute atomic E-state index is 13.9. The predicted molar refractivity (Wildman–Crippen MR) is 103 cm³/mol. The largest absolute Gasteiger partial charge is 0.444 e. The first-order chi connectivity index (χ1) is 14.1. The number of likely N-dealkylation sites (tertiary alicyclic amines) is 1. The highest BCUT2D eigenvalue weighted by atomic mass is 35.5. The van der Waals surface area contributed by atoms with Crippen molar-refractivity contribution in [3.63, 3.8) is 0 Å². The van der Waals surface area contributed by atoms with E-state index >= 15 is 0 Å². The molecule has 2 amide bonds. The van der Waals surface area contributed by atoms with Crippen molar-refractivity contribution in [1.82, 2.24) is 20.0 Å². The minimum Gasteiger partial charge on any atom is -0.444 e. The molecule has 1 aromatic rings. The van der Waals surface area contributed by atoms with E-state index in [1.165, 1.54) is 7.05 Å². The van der Waals surface area contributed by atoms with Crippen LogP contribution < -0.4 is 10.9 Å². The summed E-state index contributed by atoms with van der Waals surface area (Å²) < 4.78 is 47.7. The van der Waals surface area contributed by atoms with Crippen molar-refractivity contribution in [1.29, 1.82) is 0 Å². The van der Waals surface area contributed by atoms with Crippen LogP contribution in [0.15, 0.2) is 4.79 Å². The van der Waals surface area contributed by atoms with Crippen molar-refractivity contribution >= 4 is 23.6 Å². The van der Waals surface area contributed by atoms with E-state index in [0.29, 0.717) is 0 Å². The topological polar surface area (TPSA) is 114 Å². The average molecular weight is 469 g/mol. The number of ether oxygens (including phenoxy) is 1. The zero-order chi connectivity index (χ0) is 23.8. The zero-order valence-corrected chi connectivity index (χ0v) is 18.2. The quantitative estimate of drug-likeness (QED) is 0.692. The second-order valence-corrected chi connectivity index (χ2v) is 8.65. The molecule has 0 aromatic carbocycles. The van der Waals surface area contributed by atoms with Crippen LogP contribution in [0.1, 0.15) is 38.3 Å². The first kappa shape index (κ1) is 24.9. The van der Waals surface area contributed by atoms with Gasteiger partial charge in [0, 0.05) is 24.7 Å². The molecule has 1 aromatic heterocycles. The van der Waals surface area contributed by atoms with Crippen molar-refractivity contribution in [2.75, 3.05) is 13.1 Å². The highest BCUT2D eigenvalue weighted by molar-refractivity contribution is 6.30. The molecule has 174 valence electrons. The van der Waals surface area contributed by atoms with Gasteiger partial charge in [-0.2, -0.15) is 18.3 Å². The Morgan fingerprint density at radius 3 is 2.42 bits per heavy atom. The van der Waals surface area contributed by atoms with Gasteiger partial charge in [0.1, 0.15) is 5.60 Å². The van der Waals surface area contributed by atoms with Gasteiger partial charge < -0.3 is 20.1 Å². The Morgan fingerprint density at radius 1 is 1.29 bits per heavy atom. The summed E-state index contributed by atoms with van der Waals surface area (Å²) in [6, 6.07) is 0. The lowest BCUT2D eigenvalue weighted by Gasteiger charge is -2.33. The lowest BCUT2D eigenvalue weighted by Crippen LogP contribution is -2.61. The minimum absolute atomic E-state index is 0.136. The van der Waals surface area contributed by atoms with Gasteiger partial charge in [-0.15, -0.1) is 0 Å². The number of aryl methyl sites for hydroxylation is 1. The standard InChI is InChI=1S/C18H24ClF3N4O5/c1-16(2,3)31-15(30)26-6-5-17(9-26,18(20,21)22)23-12(28)7-10-11(8-27)13(19)24-25(4)14(10)29/h27H,5-9H2,1-4H3,(H,23,28)/t17-/m0/s1. The molecule has 9 nitrogen and oxygen atoms in total. The fourth-order valence-electron chi connectivity index (χ4n) is 3.20. The van der Waals surface area contributed by atoms with Gasteiger partial charge in [0.05, 0.1) is 19.6 Å². The Morgan fingerprint density at radius 2 is 1.90 bits per heavy atom. The molecule has 0 saturated carbocycles. The maximum atomic E-state index is 13.9. The van der Waals surface area contributed by atoms with E-state index in [1.807, 2.05) is 5.32 Å². The third-order valence-corrected chi connectivity index (χ3v) is 5.04. The lowest BCUT2D eigenvalue weighted by atomic mass is 9.96. The number of nitrogens with zero attached hydrogens (tertiary/aromatic N) is 3. The van der Waals surface area contributed by atoms with Crippen LogP contribution in [0.5, 0.6) is 0 Å². The first-order valence-electron chi connectivity index (χ1n) is 9.31. The van der Waals surface area contributed by atoms with Crippen LogP contribution in [0, 0.1) is 0 Å². The molecule has 2 rings (SSSR count). The van der Waals surface area contributed by atoms with Gasteiger partial charge in [0.25, 0.3) is 5.56 Å². The summed E-state index contributed by atoms with van der Waals surface area (Å²) in [5.41, 5.74) is -4.77. The summed E-state index contributed by atoms with van der Waals surface area (Å²) in [5.74, 6) is -1.11. The van der Waals surface area contributed by atoms with Gasteiger partial charge >= 0.3 is 12.3 Å². The third kappa shape index (κ3) is 5.48. The van der Waals surface area contributed by atoms with Crippen molar-refractivity contribution in [2.24, 2.45) is 7.05 Å². The number of nitrogens with one attached hydrogen (secondary N) is 1. The van der Waals surface area contributed by atoms with E-state index in [1.54, 1.807) is 20.8 Å². The number of aromatic nitrogens is 2. The molecule has 1 fully saturated rings. The molecule has 0 spiro atoms. The van der Waals surface area contributed by atoms with E-state index in [2.05, 4.69) is 5.10 Å². The Bertz CT molecular complexity index is 928. The minimum atomic E-state index is -4.87. The van der Waals surface area contributed by atoms with Crippen molar-refractivity contribution in [3.8, 4) is 0 Å². The molecular weight excluding hydrogens is 445 g/mol. The van der Waals surface area contributed by atoms with E-state index in [-0.39, 0.29) is 22.8 Å². The van der Waals surface area contributed by atoms with Crippen molar-refractivity contribution in [3.05, 3.63) is 26.6 Å². The number of hydrogen-bond donors (Lipinski definition) is 2. The van der Waals surface area contributed by atoms with Crippen molar-refractivity contribution in [2.45, 2.75) is 57.5 Å². The van der Waals surface area contributed by atoms with Gasteiger partial charge in [0.15, 0.2) is 10.7 Å². The molecule has 0 bridgehead atoms.